The minimum atomic E-state index is -2.96. The van der Waals surface area contributed by atoms with E-state index in [2.05, 4.69) is 4.98 Å². The highest BCUT2D eigenvalue weighted by Gasteiger charge is 2.59. The van der Waals surface area contributed by atoms with Crippen LogP contribution in [0.1, 0.15) is 54.2 Å². The van der Waals surface area contributed by atoms with Crippen LogP contribution in [0.15, 0.2) is 48.5 Å². The third kappa shape index (κ3) is 5.00. The molecule has 2 aliphatic carbocycles. The Bertz CT molecular complexity index is 1560. The molecule has 0 spiro atoms. The van der Waals surface area contributed by atoms with Gasteiger partial charge in [-0.15, -0.1) is 0 Å². The molecule has 2 aromatic carbocycles. The van der Waals surface area contributed by atoms with E-state index in [9.17, 15) is 22.7 Å². The number of hydrogen-bond donors (Lipinski definition) is 1. The van der Waals surface area contributed by atoms with Gasteiger partial charge in [0.2, 0.25) is 5.88 Å². The van der Waals surface area contributed by atoms with E-state index in [-0.39, 0.29) is 41.2 Å². The number of carboxylic acids is 1. The SMILES string of the molecule is Cc1nc(OC2CCS(=O)(=O)CC2)ccc1-c1ccc(F)c(C(C)Oc2ccc3c(c2)C[C@H]2[C@H](C(=O)O)[C@@H]32)c1. The number of carbonyl (C=O) groups is 1. The number of carboxylic acid groups (broad SMARTS) is 1. The topological polar surface area (TPSA) is 103 Å². The van der Waals surface area contributed by atoms with Crippen molar-refractivity contribution in [3.63, 3.8) is 0 Å². The molecule has 0 amide bonds. The maximum atomic E-state index is 14.9. The second-order valence-electron chi connectivity index (χ2n) is 10.9. The number of hydrogen-bond acceptors (Lipinski definition) is 6. The van der Waals surface area contributed by atoms with E-state index in [1.54, 1.807) is 25.1 Å². The molecule has 204 valence electrons. The molecule has 39 heavy (non-hydrogen) atoms. The Balaban J connectivity index is 1.16. The molecule has 1 unspecified atom stereocenters. The zero-order chi connectivity index (χ0) is 27.5. The Morgan fingerprint density at radius 1 is 1.10 bits per heavy atom. The van der Waals surface area contributed by atoms with Crippen molar-refractivity contribution in [2.24, 2.45) is 11.8 Å². The van der Waals surface area contributed by atoms with E-state index in [1.165, 1.54) is 6.07 Å². The Morgan fingerprint density at radius 2 is 1.87 bits per heavy atom. The quantitative estimate of drug-likeness (QED) is 0.427. The Hall–Kier alpha value is -3.46. The molecule has 4 atom stereocenters. The van der Waals surface area contributed by atoms with Gasteiger partial charge in [0.1, 0.15) is 23.8 Å². The fraction of sp³-hybridized carbons (Fsp3) is 0.400. The number of aromatic nitrogens is 1. The highest BCUT2D eigenvalue weighted by atomic mass is 32.2. The molecule has 3 aromatic rings. The summed E-state index contributed by atoms with van der Waals surface area (Å²) in [5.74, 6) is 0.250. The normalized spacial score (nSPS) is 23.9. The van der Waals surface area contributed by atoms with Crippen molar-refractivity contribution in [1.82, 2.24) is 4.98 Å². The molecule has 9 heteroatoms. The third-order valence-electron chi connectivity index (χ3n) is 8.29. The zero-order valence-electron chi connectivity index (χ0n) is 21.8. The number of aliphatic carboxylic acids is 1. The monoisotopic (exact) mass is 551 g/mol. The molecule has 0 radical (unpaired) electrons. The maximum Gasteiger partial charge on any atom is 0.307 e. The van der Waals surface area contributed by atoms with Gasteiger partial charge in [0.05, 0.1) is 17.4 Å². The van der Waals surface area contributed by atoms with Crippen molar-refractivity contribution in [1.29, 1.82) is 0 Å². The van der Waals surface area contributed by atoms with Crippen molar-refractivity contribution in [3.05, 3.63) is 76.7 Å². The second kappa shape index (κ2) is 9.62. The molecule has 2 heterocycles. The summed E-state index contributed by atoms with van der Waals surface area (Å²) in [5.41, 5.74) is 4.98. The molecule has 1 saturated carbocycles. The van der Waals surface area contributed by atoms with Gasteiger partial charge in [-0.1, -0.05) is 12.1 Å². The summed E-state index contributed by atoms with van der Waals surface area (Å²) in [7, 11) is -2.96. The van der Waals surface area contributed by atoms with Crippen LogP contribution in [0.25, 0.3) is 11.1 Å². The number of aryl methyl sites for hydroxylation is 1. The third-order valence-corrected chi connectivity index (χ3v) is 10.0. The Kier molecular flexibility index (Phi) is 6.37. The Labute approximate surface area is 226 Å². The van der Waals surface area contributed by atoms with Crippen molar-refractivity contribution in [3.8, 4) is 22.8 Å². The molecule has 6 rings (SSSR count). The molecule has 1 N–H and O–H groups in total. The minimum absolute atomic E-state index is 0.102. The van der Waals surface area contributed by atoms with E-state index < -0.39 is 21.9 Å². The van der Waals surface area contributed by atoms with Crippen LogP contribution in [-0.2, 0) is 21.1 Å². The smallest absolute Gasteiger partial charge is 0.307 e. The molecule has 1 aromatic heterocycles. The van der Waals surface area contributed by atoms with Gasteiger partial charge in [-0.3, -0.25) is 4.79 Å². The number of benzene rings is 2. The van der Waals surface area contributed by atoms with Crippen LogP contribution in [0.2, 0.25) is 0 Å². The number of nitrogens with zero attached hydrogens (tertiary/aromatic N) is 1. The second-order valence-corrected chi connectivity index (χ2v) is 13.2. The van der Waals surface area contributed by atoms with Gasteiger partial charge in [-0.25, -0.2) is 17.8 Å². The number of pyridine rings is 1. The van der Waals surface area contributed by atoms with Crippen molar-refractivity contribution >= 4 is 15.8 Å². The highest BCUT2D eigenvalue weighted by Crippen LogP contribution is 2.61. The predicted octanol–water partition coefficient (Wildman–Crippen LogP) is 5.26. The number of ether oxygens (including phenoxy) is 2. The average molecular weight is 552 g/mol. The van der Waals surface area contributed by atoms with Gasteiger partial charge < -0.3 is 14.6 Å². The summed E-state index contributed by atoms with van der Waals surface area (Å²) >= 11 is 0. The largest absolute Gasteiger partial charge is 0.486 e. The number of sulfone groups is 1. The number of rotatable bonds is 7. The van der Waals surface area contributed by atoms with Gasteiger partial charge in [0.25, 0.3) is 0 Å². The predicted molar refractivity (Wildman–Crippen MR) is 143 cm³/mol. The molecular weight excluding hydrogens is 521 g/mol. The lowest BCUT2D eigenvalue weighted by atomic mass is 9.99. The van der Waals surface area contributed by atoms with Crippen LogP contribution in [0, 0.1) is 24.6 Å². The van der Waals surface area contributed by atoms with E-state index in [0.717, 1.165) is 34.4 Å². The summed E-state index contributed by atoms with van der Waals surface area (Å²) in [6, 6.07) is 14.3. The lowest BCUT2D eigenvalue weighted by Crippen LogP contribution is -2.30. The first kappa shape index (κ1) is 25.8. The fourth-order valence-electron chi connectivity index (χ4n) is 6.16. The first-order valence-corrected chi connectivity index (χ1v) is 15.1. The van der Waals surface area contributed by atoms with Crippen LogP contribution < -0.4 is 9.47 Å². The van der Waals surface area contributed by atoms with Crippen LogP contribution in [0.3, 0.4) is 0 Å². The van der Waals surface area contributed by atoms with Crippen LogP contribution in [0.5, 0.6) is 11.6 Å². The first-order chi connectivity index (χ1) is 18.6. The highest BCUT2D eigenvalue weighted by molar-refractivity contribution is 7.91. The van der Waals surface area contributed by atoms with Gasteiger partial charge in [-0.05, 0) is 86.1 Å². The van der Waals surface area contributed by atoms with Crippen molar-refractivity contribution in [2.75, 3.05) is 11.5 Å². The van der Waals surface area contributed by atoms with Gasteiger partial charge in [0.15, 0.2) is 9.84 Å². The van der Waals surface area contributed by atoms with Crippen LogP contribution >= 0.6 is 0 Å². The van der Waals surface area contributed by atoms with Crippen LogP contribution in [0.4, 0.5) is 4.39 Å². The van der Waals surface area contributed by atoms with Crippen LogP contribution in [-0.4, -0.2) is 42.1 Å². The fourth-order valence-corrected chi connectivity index (χ4v) is 7.60. The molecular formula is C30H30FNO6S. The first-order valence-electron chi connectivity index (χ1n) is 13.3. The summed E-state index contributed by atoms with van der Waals surface area (Å²) < 4.78 is 50.3. The standard InChI is InChI=1S/C30H30FNO6S/c1-16-22(6-8-27(32-16)38-20-9-11-39(35,36)12-10-20)18-3-7-26(31)24(14-18)17(2)37-21-4-5-23-19(13-21)15-25-28(23)29(25)30(33)34/h3-8,13-14,17,20,25,28-29H,9-12,15H2,1-2H3,(H,33,34)/t17?,25-,28+,29+/m1/s1. The van der Waals surface area contributed by atoms with Gasteiger partial charge >= 0.3 is 5.97 Å². The van der Waals surface area contributed by atoms with E-state index in [1.807, 2.05) is 31.2 Å². The van der Waals surface area contributed by atoms with Gasteiger partial charge in [0, 0.05) is 28.8 Å². The number of fused-ring (bicyclic) bond motifs is 3. The van der Waals surface area contributed by atoms with E-state index in [0.29, 0.717) is 30.0 Å². The minimum Gasteiger partial charge on any atom is -0.486 e. The average Bonchev–Trinajstić information content (AvgIpc) is 3.48. The molecule has 3 aliphatic rings. The summed E-state index contributed by atoms with van der Waals surface area (Å²) in [5, 5.41) is 9.34. The van der Waals surface area contributed by atoms with Crippen molar-refractivity contribution < 1.29 is 32.2 Å². The summed E-state index contributed by atoms with van der Waals surface area (Å²) in [6.45, 7) is 3.67. The van der Waals surface area contributed by atoms with E-state index >= 15 is 0 Å². The van der Waals surface area contributed by atoms with Gasteiger partial charge in [-0.2, -0.15) is 0 Å². The summed E-state index contributed by atoms with van der Waals surface area (Å²) in [6.07, 6.45) is 0.920. The molecule has 1 aliphatic heterocycles. The summed E-state index contributed by atoms with van der Waals surface area (Å²) in [4.78, 5) is 15.9. The molecule has 1 saturated heterocycles. The zero-order valence-corrected chi connectivity index (χ0v) is 22.6. The molecule has 2 fully saturated rings. The Morgan fingerprint density at radius 3 is 2.59 bits per heavy atom. The molecule has 7 nitrogen and oxygen atoms in total. The lowest BCUT2D eigenvalue weighted by molar-refractivity contribution is -0.139. The van der Waals surface area contributed by atoms with Crippen molar-refractivity contribution in [2.45, 2.75) is 51.2 Å². The molecule has 0 bridgehead atoms. The van der Waals surface area contributed by atoms with E-state index in [4.69, 9.17) is 9.47 Å². The lowest BCUT2D eigenvalue weighted by Gasteiger charge is -2.23. The maximum absolute atomic E-state index is 14.9. The number of halogens is 1.